The van der Waals surface area contributed by atoms with Crippen LogP contribution in [0.5, 0.6) is 11.5 Å². The van der Waals surface area contributed by atoms with Crippen molar-refractivity contribution in [1.82, 2.24) is 5.32 Å². The van der Waals surface area contributed by atoms with Crippen LogP contribution in [0, 0.1) is 5.92 Å². The van der Waals surface area contributed by atoms with Gasteiger partial charge in [-0.25, -0.2) is 0 Å². The molecule has 0 radical (unpaired) electrons. The Morgan fingerprint density at radius 2 is 1.90 bits per heavy atom. The molecule has 0 aromatic heterocycles. The van der Waals surface area contributed by atoms with Gasteiger partial charge in [-0.15, -0.1) is 0 Å². The monoisotopic (exact) mass is 341 g/mol. The Hall–Kier alpha value is -0.740. The molecule has 1 aliphatic rings. The van der Waals surface area contributed by atoms with E-state index in [4.69, 9.17) is 9.47 Å². The summed E-state index contributed by atoms with van der Waals surface area (Å²) < 4.78 is 12.6. The molecule has 0 fully saturated rings. The number of nitrogens with one attached hydrogen (secondary N) is 1. The highest BCUT2D eigenvalue weighted by Gasteiger charge is 2.14. The molecule has 0 bridgehead atoms. The van der Waals surface area contributed by atoms with Crippen molar-refractivity contribution >= 4 is 15.9 Å². The number of benzene rings is 1. The lowest BCUT2D eigenvalue weighted by Gasteiger charge is -2.14. The predicted octanol–water partition coefficient (Wildman–Crippen LogP) is 3.79. The van der Waals surface area contributed by atoms with Gasteiger partial charge in [0, 0.05) is 10.9 Å². The number of rotatable bonds is 6. The fraction of sp³-hybridized carbons (Fsp3) is 0.625. The summed E-state index contributed by atoms with van der Waals surface area (Å²) in [5, 5.41) is 3.21. The first-order valence-electron chi connectivity index (χ1n) is 7.43. The van der Waals surface area contributed by atoms with Gasteiger partial charge in [-0.1, -0.05) is 22.9 Å². The summed E-state index contributed by atoms with van der Waals surface area (Å²) in [6.07, 6.45) is 4.43. The second-order valence-electron chi connectivity index (χ2n) is 5.48. The molecule has 2 rings (SSSR count). The minimum Gasteiger partial charge on any atom is -0.490 e. The average Bonchev–Trinajstić information content (AvgIpc) is 2.67. The number of halogens is 1. The first-order valence-corrected chi connectivity index (χ1v) is 8.22. The van der Waals surface area contributed by atoms with E-state index >= 15 is 0 Å². The first-order chi connectivity index (χ1) is 9.70. The van der Waals surface area contributed by atoms with E-state index in [1.54, 1.807) is 0 Å². The second-order valence-corrected chi connectivity index (χ2v) is 6.33. The van der Waals surface area contributed by atoms with Gasteiger partial charge in [-0.2, -0.15) is 0 Å². The zero-order valence-electron chi connectivity index (χ0n) is 12.4. The lowest BCUT2D eigenvalue weighted by molar-refractivity contribution is 0.297. The maximum atomic E-state index is 5.76. The quantitative estimate of drug-likeness (QED) is 0.853. The van der Waals surface area contributed by atoms with Gasteiger partial charge in [-0.3, -0.25) is 0 Å². The molecular formula is C16H24BrNO2. The van der Waals surface area contributed by atoms with Crippen molar-refractivity contribution in [3.63, 3.8) is 0 Å². The van der Waals surface area contributed by atoms with Crippen LogP contribution in [0.25, 0.3) is 0 Å². The fourth-order valence-corrected chi connectivity index (χ4v) is 2.88. The van der Waals surface area contributed by atoms with Gasteiger partial charge < -0.3 is 14.8 Å². The summed E-state index contributed by atoms with van der Waals surface area (Å²) >= 11 is 3.66. The molecular weight excluding hydrogens is 318 g/mol. The normalized spacial score (nSPS) is 15.8. The molecule has 0 saturated heterocycles. The van der Waals surface area contributed by atoms with Crippen LogP contribution < -0.4 is 14.8 Å². The molecule has 1 heterocycles. The Labute approximate surface area is 130 Å². The van der Waals surface area contributed by atoms with Crippen LogP contribution in [-0.2, 0) is 6.42 Å². The molecule has 4 heteroatoms. The average molecular weight is 342 g/mol. The van der Waals surface area contributed by atoms with Gasteiger partial charge in [-0.05, 0) is 56.5 Å². The Morgan fingerprint density at radius 3 is 2.60 bits per heavy atom. The summed E-state index contributed by atoms with van der Waals surface area (Å²) in [6, 6.07) is 4.18. The SMILES string of the molecule is CNCCC(C)CCc1cc2c(cc1Br)OCCCO2. The molecule has 20 heavy (non-hydrogen) atoms. The molecule has 1 aliphatic heterocycles. The number of fused-ring (bicyclic) bond motifs is 1. The van der Waals surface area contributed by atoms with E-state index < -0.39 is 0 Å². The second kappa shape index (κ2) is 7.89. The van der Waals surface area contributed by atoms with Crippen LogP contribution in [0.15, 0.2) is 16.6 Å². The predicted molar refractivity (Wildman–Crippen MR) is 85.8 cm³/mol. The van der Waals surface area contributed by atoms with E-state index in [1.165, 1.54) is 18.4 Å². The topological polar surface area (TPSA) is 30.5 Å². The Kier molecular flexibility index (Phi) is 6.17. The number of hydrogen-bond acceptors (Lipinski definition) is 3. The summed E-state index contributed by atoms with van der Waals surface area (Å²) in [7, 11) is 2.01. The first kappa shape index (κ1) is 15.6. The van der Waals surface area contributed by atoms with Crippen LogP contribution >= 0.6 is 15.9 Å². The van der Waals surface area contributed by atoms with Crippen molar-refractivity contribution in [2.75, 3.05) is 26.8 Å². The lowest BCUT2D eigenvalue weighted by Crippen LogP contribution is -2.12. The Bertz CT molecular complexity index is 437. The van der Waals surface area contributed by atoms with Crippen molar-refractivity contribution in [3.05, 3.63) is 22.2 Å². The van der Waals surface area contributed by atoms with Crippen LogP contribution in [0.4, 0.5) is 0 Å². The smallest absolute Gasteiger partial charge is 0.162 e. The molecule has 1 atom stereocenters. The van der Waals surface area contributed by atoms with Gasteiger partial charge in [0.05, 0.1) is 13.2 Å². The third-order valence-electron chi connectivity index (χ3n) is 3.71. The maximum Gasteiger partial charge on any atom is 0.162 e. The van der Waals surface area contributed by atoms with Crippen molar-refractivity contribution in [1.29, 1.82) is 0 Å². The standard InChI is InChI=1S/C16H24BrNO2/c1-12(6-7-18-2)4-5-13-10-15-16(11-14(13)17)20-9-3-8-19-15/h10-12,18H,3-9H2,1-2H3. The molecule has 1 unspecified atom stereocenters. The summed E-state index contributed by atoms with van der Waals surface area (Å²) in [5.41, 5.74) is 1.31. The van der Waals surface area contributed by atoms with E-state index in [1.807, 2.05) is 13.1 Å². The summed E-state index contributed by atoms with van der Waals surface area (Å²) in [4.78, 5) is 0. The van der Waals surface area contributed by atoms with Gasteiger partial charge in [0.15, 0.2) is 11.5 Å². The molecule has 1 aromatic rings. The van der Waals surface area contributed by atoms with Crippen LogP contribution in [0.1, 0.15) is 31.7 Å². The van der Waals surface area contributed by atoms with Crippen LogP contribution in [-0.4, -0.2) is 26.8 Å². The highest BCUT2D eigenvalue weighted by Crippen LogP contribution is 2.36. The van der Waals surface area contributed by atoms with E-state index in [2.05, 4.69) is 34.2 Å². The van der Waals surface area contributed by atoms with Crippen molar-refractivity contribution in [2.45, 2.75) is 32.6 Å². The number of hydrogen-bond donors (Lipinski definition) is 1. The third-order valence-corrected chi connectivity index (χ3v) is 4.45. The summed E-state index contributed by atoms with van der Waals surface area (Å²) in [6.45, 7) is 4.88. The third kappa shape index (κ3) is 4.38. The van der Waals surface area contributed by atoms with E-state index in [-0.39, 0.29) is 0 Å². The minimum atomic E-state index is 0.727. The molecule has 0 amide bonds. The van der Waals surface area contributed by atoms with Crippen molar-refractivity contribution < 1.29 is 9.47 Å². The molecule has 1 aromatic carbocycles. The Morgan fingerprint density at radius 1 is 1.20 bits per heavy atom. The van der Waals surface area contributed by atoms with Crippen LogP contribution in [0.3, 0.4) is 0 Å². The highest BCUT2D eigenvalue weighted by molar-refractivity contribution is 9.10. The summed E-state index contributed by atoms with van der Waals surface area (Å²) in [5.74, 6) is 2.48. The van der Waals surface area contributed by atoms with E-state index in [0.29, 0.717) is 0 Å². The number of ether oxygens (including phenoxy) is 2. The zero-order valence-corrected chi connectivity index (χ0v) is 14.0. The molecule has 0 aliphatic carbocycles. The van der Waals surface area contributed by atoms with Gasteiger partial charge >= 0.3 is 0 Å². The number of aryl methyl sites for hydroxylation is 1. The van der Waals surface area contributed by atoms with Gasteiger partial charge in [0.2, 0.25) is 0 Å². The molecule has 112 valence electrons. The zero-order chi connectivity index (χ0) is 14.4. The largest absolute Gasteiger partial charge is 0.490 e. The van der Waals surface area contributed by atoms with Gasteiger partial charge in [0.1, 0.15) is 0 Å². The molecule has 1 N–H and O–H groups in total. The van der Waals surface area contributed by atoms with Gasteiger partial charge in [0.25, 0.3) is 0 Å². The lowest BCUT2D eigenvalue weighted by atomic mass is 9.98. The van der Waals surface area contributed by atoms with E-state index in [9.17, 15) is 0 Å². The van der Waals surface area contributed by atoms with Crippen LogP contribution in [0.2, 0.25) is 0 Å². The fourth-order valence-electron chi connectivity index (χ4n) is 2.35. The molecule has 0 spiro atoms. The highest BCUT2D eigenvalue weighted by atomic mass is 79.9. The minimum absolute atomic E-state index is 0.727. The molecule has 0 saturated carbocycles. The van der Waals surface area contributed by atoms with Crippen molar-refractivity contribution in [2.24, 2.45) is 5.92 Å². The Balaban J connectivity index is 1.99. The maximum absolute atomic E-state index is 5.76. The van der Waals surface area contributed by atoms with E-state index in [0.717, 1.165) is 54.5 Å². The van der Waals surface area contributed by atoms with Crippen molar-refractivity contribution in [3.8, 4) is 11.5 Å². The molecule has 3 nitrogen and oxygen atoms in total.